The summed E-state index contributed by atoms with van der Waals surface area (Å²) < 4.78 is 7.11. The molecule has 2 aromatic heterocycles. The van der Waals surface area contributed by atoms with Gasteiger partial charge in [-0.3, -0.25) is 23.7 Å². The van der Waals surface area contributed by atoms with Gasteiger partial charge in [0.15, 0.2) is 0 Å². The van der Waals surface area contributed by atoms with Crippen LogP contribution in [0.4, 0.5) is 4.79 Å². The molecule has 1 saturated heterocycles. The van der Waals surface area contributed by atoms with Crippen molar-refractivity contribution in [3.63, 3.8) is 0 Å². The van der Waals surface area contributed by atoms with E-state index < -0.39 is 24.5 Å². The Bertz CT molecular complexity index is 941. The summed E-state index contributed by atoms with van der Waals surface area (Å²) in [5.41, 5.74) is 0.369. The van der Waals surface area contributed by atoms with E-state index in [9.17, 15) is 19.2 Å². The summed E-state index contributed by atoms with van der Waals surface area (Å²) in [6.07, 6.45) is 1.58. The van der Waals surface area contributed by atoms with Crippen LogP contribution in [0.5, 0.6) is 0 Å². The zero-order valence-electron chi connectivity index (χ0n) is 13.1. The average Bonchev–Trinajstić information content (AvgIpc) is 2.80. The minimum Gasteiger partial charge on any atom is -0.458 e. The Morgan fingerprint density at radius 2 is 2.08 bits per heavy atom. The van der Waals surface area contributed by atoms with Crippen molar-refractivity contribution in [3.8, 4) is 0 Å². The Balaban J connectivity index is 1.67. The largest absolute Gasteiger partial charge is 0.458 e. The third kappa shape index (κ3) is 3.53. The van der Waals surface area contributed by atoms with E-state index in [1.807, 2.05) is 0 Å². The Kier molecular flexibility index (Phi) is 4.53. The van der Waals surface area contributed by atoms with Crippen molar-refractivity contribution in [3.05, 3.63) is 44.9 Å². The smallest absolute Gasteiger partial charge is 0.327 e. The van der Waals surface area contributed by atoms with Gasteiger partial charge in [-0.05, 0) is 28.1 Å². The monoisotopic (exact) mass is 408 g/mol. The molecular weight excluding hydrogens is 396 g/mol. The van der Waals surface area contributed by atoms with Crippen molar-refractivity contribution < 1.29 is 19.1 Å². The third-order valence-corrected chi connectivity index (χ3v) is 4.04. The zero-order chi connectivity index (χ0) is 18.1. The number of likely N-dealkylation sites (N-methyl/N-ethyl adjacent to an activating group) is 1. The molecule has 0 radical (unpaired) electrons. The van der Waals surface area contributed by atoms with Crippen LogP contribution in [-0.4, -0.2) is 57.2 Å². The lowest BCUT2D eigenvalue weighted by atomic mass is 10.4. The number of imide groups is 1. The fraction of sp³-hybridized carbons (Fsp3) is 0.267. The summed E-state index contributed by atoms with van der Waals surface area (Å²) >= 11 is 3.27. The number of ether oxygens (including phenoxy) is 1. The van der Waals surface area contributed by atoms with Crippen molar-refractivity contribution in [2.75, 3.05) is 20.1 Å². The molecule has 1 fully saturated rings. The summed E-state index contributed by atoms with van der Waals surface area (Å²) in [5.74, 6) is -1.22. The molecule has 0 aliphatic carbocycles. The highest BCUT2D eigenvalue weighted by Gasteiger charge is 2.35. The molecule has 2 aromatic rings. The first-order valence-electron chi connectivity index (χ1n) is 7.24. The SMILES string of the molecule is CN1CC(=O)N(CC(=O)OCc2cc(=O)n3cc(Br)ccc3n2)C1=O. The standard InChI is InChI=1S/C15H13BrN4O5/c1-18-6-13(22)20(15(18)24)7-14(23)25-8-10-4-12(21)19-5-9(16)2-3-11(19)17-10/h2-5H,6-8H2,1H3. The predicted molar refractivity (Wildman–Crippen MR) is 88.7 cm³/mol. The maximum Gasteiger partial charge on any atom is 0.327 e. The van der Waals surface area contributed by atoms with Crippen molar-refractivity contribution >= 4 is 39.5 Å². The molecule has 10 heteroatoms. The molecule has 0 bridgehead atoms. The number of carbonyl (C=O) groups excluding carboxylic acids is 3. The number of esters is 1. The first kappa shape index (κ1) is 17.1. The summed E-state index contributed by atoms with van der Waals surface area (Å²) in [5, 5.41) is 0. The number of halogens is 1. The van der Waals surface area contributed by atoms with E-state index >= 15 is 0 Å². The molecule has 0 spiro atoms. The van der Waals surface area contributed by atoms with Crippen LogP contribution in [0.15, 0.2) is 33.7 Å². The first-order valence-corrected chi connectivity index (χ1v) is 8.03. The molecule has 0 saturated carbocycles. The molecule has 9 nitrogen and oxygen atoms in total. The van der Waals surface area contributed by atoms with Crippen molar-refractivity contribution in [1.29, 1.82) is 0 Å². The number of urea groups is 1. The van der Waals surface area contributed by atoms with Gasteiger partial charge in [-0.1, -0.05) is 0 Å². The quantitative estimate of drug-likeness (QED) is 0.535. The molecule has 3 amide bonds. The molecule has 1 aliphatic heterocycles. The summed E-state index contributed by atoms with van der Waals surface area (Å²) in [4.78, 5) is 53.5. The molecule has 0 atom stereocenters. The normalized spacial score (nSPS) is 14.5. The minimum atomic E-state index is -0.755. The van der Waals surface area contributed by atoms with Gasteiger partial charge >= 0.3 is 12.0 Å². The predicted octanol–water partition coefficient (Wildman–Crippen LogP) is 0.394. The maximum atomic E-state index is 12.1. The van der Waals surface area contributed by atoms with Gasteiger partial charge in [-0.2, -0.15) is 0 Å². The van der Waals surface area contributed by atoms with Gasteiger partial charge in [0.25, 0.3) is 11.5 Å². The molecule has 130 valence electrons. The summed E-state index contributed by atoms with van der Waals surface area (Å²) in [7, 11) is 1.47. The second-order valence-corrected chi connectivity index (χ2v) is 6.36. The van der Waals surface area contributed by atoms with Crippen LogP contribution in [0.3, 0.4) is 0 Å². The molecule has 1 aliphatic rings. The highest BCUT2D eigenvalue weighted by Crippen LogP contribution is 2.10. The van der Waals surface area contributed by atoms with Crippen LogP contribution in [0.2, 0.25) is 0 Å². The summed E-state index contributed by atoms with van der Waals surface area (Å²) in [6.45, 7) is -0.765. The second-order valence-electron chi connectivity index (χ2n) is 5.44. The number of carbonyl (C=O) groups is 3. The molecule has 3 heterocycles. The van der Waals surface area contributed by atoms with Gasteiger partial charge < -0.3 is 9.64 Å². The van der Waals surface area contributed by atoms with E-state index in [-0.39, 0.29) is 24.4 Å². The van der Waals surface area contributed by atoms with E-state index in [2.05, 4.69) is 20.9 Å². The number of nitrogens with zero attached hydrogens (tertiary/aromatic N) is 4. The van der Waals surface area contributed by atoms with Crippen LogP contribution in [0.1, 0.15) is 5.69 Å². The number of fused-ring (bicyclic) bond motifs is 1. The Morgan fingerprint density at radius 1 is 1.32 bits per heavy atom. The number of hydrogen-bond acceptors (Lipinski definition) is 6. The first-order chi connectivity index (χ1) is 11.8. The van der Waals surface area contributed by atoms with E-state index in [1.165, 1.54) is 22.4 Å². The highest BCUT2D eigenvalue weighted by atomic mass is 79.9. The van der Waals surface area contributed by atoms with Gasteiger partial charge in [0.2, 0.25) is 0 Å². The van der Waals surface area contributed by atoms with E-state index in [0.717, 1.165) is 9.37 Å². The van der Waals surface area contributed by atoms with Crippen LogP contribution < -0.4 is 5.56 Å². The fourth-order valence-corrected chi connectivity index (χ4v) is 2.69. The lowest BCUT2D eigenvalue weighted by molar-refractivity contribution is -0.148. The highest BCUT2D eigenvalue weighted by molar-refractivity contribution is 9.10. The van der Waals surface area contributed by atoms with Gasteiger partial charge in [0, 0.05) is 23.8 Å². The van der Waals surface area contributed by atoms with E-state index in [1.54, 1.807) is 18.3 Å². The van der Waals surface area contributed by atoms with Crippen molar-refractivity contribution in [1.82, 2.24) is 19.2 Å². The Hall–Kier alpha value is -2.75. The van der Waals surface area contributed by atoms with Crippen LogP contribution >= 0.6 is 15.9 Å². The van der Waals surface area contributed by atoms with Crippen LogP contribution in [0, 0.1) is 0 Å². The zero-order valence-corrected chi connectivity index (χ0v) is 14.7. The van der Waals surface area contributed by atoms with Gasteiger partial charge in [-0.25, -0.2) is 9.78 Å². The molecule has 3 rings (SSSR count). The molecule has 0 aromatic carbocycles. The van der Waals surface area contributed by atoms with Gasteiger partial charge in [0.05, 0.1) is 5.69 Å². The van der Waals surface area contributed by atoms with Crippen LogP contribution in [-0.2, 0) is 20.9 Å². The minimum absolute atomic E-state index is 0.0648. The van der Waals surface area contributed by atoms with Crippen LogP contribution in [0.25, 0.3) is 5.65 Å². The Labute approximate surface area is 149 Å². The van der Waals surface area contributed by atoms with Gasteiger partial charge in [0.1, 0.15) is 25.3 Å². The molecule has 25 heavy (non-hydrogen) atoms. The molecule has 0 unspecified atom stereocenters. The number of aromatic nitrogens is 2. The third-order valence-electron chi connectivity index (χ3n) is 3.58. The number of pyridine rings is 1. The molecular formula is C15H13BrN4O5. The number of rotatable bonds is 4. The summed E-state index contributed by atoms with van der Waals surface area (Å²) in [6, 6.07) is 4.09. The lowest BCUT2D eigenvalue weighted by Crippen LogP contribution is -2.36. The number of hydrogen-bond donors (Lipinski definition) is 0. The van der Waals surface area contributed by atoms with E-state index in [4.69, 9.17) is 4.74 Å². The Morgan fingerprint density at radius 3 is 2.76 bits per heavy atom. The maximum absolute atomic E-state index is 12.1. The van der Waals surface area contributed by atoms with Gasteiger partial charge in [-0.15, -0.1) is 0 Å². The second kappa shape index (κ2) is 6.63. The average molecular weight is 409 g/mol. The lowest BCUT2D eigenvalue weighted by Gasteiger charge is -2.13. The topological polar surface area (TPSA) is 101 Å². The number of amides is 3. The fourth-order valence-electron chi connectivity index (χ4n) is 2.35. The van der Waals surface area contributed by atoms with Crippen molar-refractivity contribution in [2.24, 2.45) is 0 Å². The van der Waals surface area contributed by atoms with E-state index in [0.29, 0.717) is 5.65 Å². The molecule has 0 N–H and O–H groups in total. The van der Waals surface area contributed by atoms with Crippen molar-refractivity contribution in [2.45, 2.75) is 6.61 Å².